The van der Waals surface area contributed by atoms with Crippen molar-refractivity contribution in [1.29, 1.82) is 5.26 Å². The third kappa shape index (κ3) is 2.84. The van der Waals surface area contributed by atoms with Crippen LogP contribution < -0.4 is 16.2 Å². The first-order valence-electron chi connectivity index (χ1n) is 5.78. The highest BCUT2D eigenvalue weighted by atomic mass is 16.5. The first-order valence-corrected chi connectivity index (χ1v) is 5.78. The Kier molecular flexibility index (Phi) is 3.82. The van der Waals surface area contributed by atoms with Gasteiger partial charge in [-0.2, -0.15) is 5.26 Å². The number of nitrogen functional groups attached to an aromatic ring is 1. The highest BCUT2D eigenvalue weighted by Gasteiger charge is 2.11. The third-order valence-corrected chi connectivity index (χ3v) is 2.65. The quantitative estimate of drug-likeness (QED) is 0.809. The van der Waals surface area contributed by atoms with E-state index in [0.717, 1.165) is 0 Å². The maximum Gasteiger partial charge on any atom is 0.252 e. The summed E-state index contributed by atoms with van der Waals surface area (Å²) >= 11 is 0. The monoisotopic (exact) mass is 268 g/mol. The van der Waals surface area contributed by atoms with Crippen molar-refractivity contribution < 1.29 is 9.53 Å². The van der Waals surface area contributed by atoms with Gasteiger partial charge in [0, 0.05) is 17.4 Å². The van der Waals surface area contributed by atoms with Crippen LogP contribution in [0.5, 0.6) is 5.75 Å². The summed E-state index contributed by atoms with van der Waals surface area (Å²) in [6.07, 6.45) is 1.53. The number of hydrogen-bond acceptors (Lipinski definition) is 5. The highest BCUT2D eigenvalue weighted by molar-refractivity contribution is 5.96. The second-order valence-corrected chi connectivity index (χ2v) is 4.03. The van der Waals surface area contributed by atoms with Crippen LogP contribution in [0.25, 0.3) is 0 Å². The number of carbonyl (C=O) groups excluding carboxylic acids is 1. The fourth-order valence-electron chi connectivity index (χ4n) is 1.68. The Morgan fingerprint density at radius 2 is 2.20 bits per heavy atom. The molecule has 0 bridgehead atoms. The van der Waals surface area contributed by atoms with Crippen molar-refractivity contribution in [3.8, 4) is 11.8 Å². The average Bonchev–Trinajstić information content (AvgIpc) is 2.46. The Morgan fingerprint density at radius 1 is 1.40 bits per heavy atom. The Morgan fingerprint density at radius 3 is 2.90 bits per heavy atom. The first-order chi connectivity index (χ1) is 9.61. The molecule has 0 saturated carbocycles. The summed E-state index contributed by atoms with van der Waals surface area (Å²) in [5.41, 5.74) is 12.4. The maximum absolute atomic E-state index is 11.3. The topological polar surface area (TPSA) is 115 Å². The molecule has 1 aromatic carbocycles. The smallest absolute Gasteiger partial charge is 0.252 e. The normalized spacial score (nSPS) is 9.75. The van der Waals surface area contributed by atoms with Crippen molar-refractivity contribution in [2.24, 2.45) is 5.73 Å². The molecular weight excluding hydrogens is 256 g/mol. The van der Waals surface area contributed by atoms with E-state index in [9.17, 15) is 4.79 Å². The van der Waals surface area contributed by atoms with Crippen LogP contribution in [0.15, 0.2) is 36.5 Å². The van der Waals surface area contributed by atoms with Gasteiger partial charge in [-0.25, -0.2) is 4.98 Å². The van der Waals surface area contributed by atoms with Crippen LogP contribution in [-0.2, 0) is 6.61 Å². The summed E-state index contributed by atoms with van der Waals surface area (Å²) in [5, 5.41) is 8.94. The molecule has 0 aliphatic carbocycles. The van der Waals surface area contributed by atoms with E-state index in [1.54, 1.807) is 24.3 Å². The summed E-state index contributed by atoms with van der Waals surface area (Å²) in [7, 11) is 0. The number of nitrogens with two attached hydrogens (primary N) is 2. The summed E-state index contributed by atoms with van der Waals surface area (Å²) in [4.78, 5) is 15.3. The third-order valence-electron chi connectivity index (χ3n) is 2.65. The molecule has 0 saturated heterocycles. The summed E-state index contributed by atoms with van der Waals surface area (Å²) in [6, 6.07) is 10.0. The second-order valence-electron chi connectivity index (χ2n) is 4.03. The number of pyridine rings is 1. The minimum absolute atomic E-state index is 0.112. The molecule has 1 aromatic heterocycles. The minimum Gasteiger partial charge on any atom is -0.488 e. The lowest BCUT2D eigenvalue weighted by Crippen LogP contribution is -2.13. The lowest BCUT2D eigenvalue weighted by atomic mass is 10.1. The van der Waals surface area contributed by atoms with Crippen molar-refractivity contribution in [3.05, 3.63) is 53.3 Å². The van der Waals surface area contributed by atoms with Gasteiger partial charge >= 0.3 is 0 Å². The van der Waals surface area contributed by atoms with Crippen LogP contribution in [0.4, 0.5) is 5.69 Å². The number of amides is 1. The predicted octanol–water partition coefficient (Wildman–Crippen LogP) is 1.21. The molecule has 0 atom stereocenters. The minimum atomic E-state index is -0.626. The number of hydrogen-bond donors (Lipinski definition) is 2. The van der Waals surface area contributed by atoms with Crippen LogP contribution in [0.2, 0.25) is 0 Å². The molecule has 0 unspecified atom stereocenters. The van der Waals surface area contributed by atoms with Crippen molar-refractivity contribution in [2.45, 2.75) is 6.61 Å². The van der Waals surface area contributed by atoms with Gasteiger partial charge < -0.3 is 16.2 Å². The van der Waals surface area contributed by atoms with Gasteiger partial charge in [0.25, 0.3) is 5.91 Å². The van der Waals surface area contributed by atoms with Crippen molar-refractivity contribution in [2.75, 3.05) is 5.73 Å². The van der Waals surface area contributed by atoms with Crippen LogP contribution in [-0.4, -0.2) is 10.9 Å². The lowest BCUT2D eigenvalue weighted by molar-refractivity contribution is 0.0996. The molecule has 2 aromatic rings. The first kappa shape index (κ1) is 13.4. The van der Waals surface area contributed by atoms with E-state index in [-0.39, 0.29) is 17.9 Å². The van der Waals surface area contributed by atoms with Crippen molar-refractivity contribution >= 4 is 11.6 Å². The van der Waals surface area contributed by atoms with Crippen molar-refractivity contribution in [3.63, 3.8) is 0 Å². The molecule has 0 aliphatic heterocycles. The number of carbonyl (C=O) groups is 1. The average molecular weight is 268 g/mol. The van der Waals surface area contributed by atoms with Crippen LogP contribution >= 0.6 is 0 Å². The molecule has 20 heavy (non-hydrogen) atoms. The van der Waals surface area contributed by atoms with E-state index in [4.69, 9.17) is 21.5 Å². The van der Waals surface area contributed by atoms with Gasteiger partial charge in [-0.1, -0.05) is 6.07 Å². The molecule has 2 rings (SSSR count). The number of rotatable bonds is 4. The molecule has 1 amide bonds. The molecule has 4 N–H and O–H groups in total. The van der Waals surface area contributed by atoms with Gasteiger partial charge in [0.15, 0.2) is 0 Å². The van der Waals surface area contributed by atoms with Gasteiger partial charge in [0.1, 0.15) is 24.1 Å². The standard InChI is InChI=1S/C14H12N4O2/c15-7-12-9(2-1-5-18-12)8-20-13-4-3-10(16)6-11(13)14(17)19/h1-6H,8,16H2,(H2,17,19). The van der Waals surface area contributed by atoms with Crippen molar-refractivity contribution in [1.82, 2.24) is 4.98 Å². The Balaban J connectivity index is 2.24. The molecule has 0 spiro atoms. The molecule has 6 nitrogen and oxygen atoms in total. The van der Waals surface area contributed by atoms with Gasteiger partial charge in [-0.15, -0.1) is 0 Å². The number of nitrogens with zero attached hydrogens (tertiary/aromatic N) is 2. The van der Waals surface area contributed by atoms with Gasteiger partial charge in [0.05, 0.1) is 5.56 Å². The number of benzene rings is 1. The van der Waals surface area contributed by atoms with Gasteiger partial charge in [0.2, 0.25) is 0 Å². The molecule has 100 valence electrons. The Bertz CT molecular complexity index is 692. The highest BCUT2D eigenvalue weighted by Crippen LogP contribution is 2.22. The molecular formula is C14H12N4O2. The summed E-state index contributed by atoms with van der Waals surface area (Å²) < 4.78 is 5.53. The van der Waals surface area contributed by atoms with E-state index in [1.807, 2.05) is 6.07 Å². The SMILES string of the molecule is N#Cc1ncccc1COc1ccc(N)cc1C(N)=O. The largest absolute Gasteiger partial charge is 0.488 e. The van der Waals surface area contributed by atoms with Gasteiger partial charge in [-0.3, -0.25) is 4.79 Å². The van der Waals surface area contributed by atoms with Gasteiger partial charge in [-0.05, 0) is 24.3 Å². The number of nitriles is 1. The van der Waals surface area contributed by atoms with E-state index < -0.39 is 5.91 Å². The predicted molar refractivity (Wildman–Crippen MR) is 72.7 cm³/mol. The summed E-state index contributed by atoms with van der Waals surface area (Å²) in [5.74, 6) is -0.307. The zero-order valence-corrected chi connectivity index (χ0v) is 10.5. The van der Waals surface area contributed by atoms with Crippen LogP contribution in [0, 0.1) is 11.3 Å². The maximum atomic E-state index is 11.3. The Labute approximate surface area is 115 Å². The number of aromatic nitrogens is 1. The number of primary amides is 1. The zero-order chi connectivity index (χ0) is 14.5. The van der Waals surface area contributed by atoms with E-state index in [1.165, 1.54) is 12.3 Å². The lowest BCUT2D eigenvalue weighted by Gasteiger charge is -2.10. The zero-order valence-electron chi connectivity index (χ0n) is 10.5. The van der Waals surface area contributed by atoms with E-state index >= 15 is 0 Å². The Hall–Kier alpha value is -3.07. The summed E-state index contributed by atoms with van der Waals surface area (Å²) in [6.45, 7) is 0.112. The van der Waals surface area contributed by atoms with E-state index in [2.05, 4.69) is 4.98 Å². The van der Waals surface area contributed by atoms with Crippen LogP contribution in [0.1, 0.15) is 21.6 Å². The van der Waals surface area contributed by atoms with Crippen LogP contribution in [0.3, 0.4) is 0 Å². The molecule has 1 heterocycles. The van der Waals surface area contributed by atoms with E-state index in [0.29, 0.717) is 17.0 Å². The fourth-order valence-corrected chi connectivity index (χ4v) is 1.68. The number of anilines is 1. The molecule has 0 fully saturated rings. The second kappa shape index (κ2) is 5.71. The fraction of sp³-hybridized carbons (Fsp3) is 0.0714. The molecule has 0 aliphatic rings. The molecule has 6 heteroatoms. The number of ether oxygens (including phenoxy) is 1. The molecule has 0 radical (unpaired) electrons.